The van der Waals surface area contributed by atoms with Crippen molar-refractivity contribution in [1.82, 2.24) is 24.2 Å². The Morgan fingerprint density at radius 3 is 2.40 bits per heavy atom. The molecule has 2 aromatic carbocycles. The first kappa shape index (κ1) is 29.1. The number of piperidine rings is 1. The largest absolute Gasteiger partial charge is 0.348 e. The zero-order chi connectivity index (χ0) is 29.7. The molecule has 1 aliphatic rings. The quantitative estimate of drug-likeness (QED) is 0.291. The Morgan fingerprint density at radius 2 is 1.71 bits per heavy atom. The van der Waals surface area contributed by atoms with Gasteiger partial charge >= 0.3 is 0 Å². The summed E-state index contributed by atoms with van der Waals surface area (Å²) < 4.78 is 42.1. The maximum atomic E-state index is 13.7. The van der Waals surface area contributed by atoms with Crippen molar-refractivity contribution in [3.63, 3.8) is 0 Å². The summed E-state index contributed by atoms with van der Waals surface area (Å²) in [6.45, 7) is 0.419. The van der Waals surface area contributed by atoms with Gasteiger partial charge in [-0.05, 0) is 85.5 Å². The van der Waals surface area contributed by atoms with Crippen LogP contribution in [0.25, 0.3) is 0 Å². The van der Waals surface area contributed by atoms with Crippen molar-refractivity contribution in [2.75, 3.05) is 37.8 Å². The molecule has 2 N–H and O–H groups in total. The van der Waals surface area contributed by atoms with Crippen LogP contribution in [0.5, 0.6) is 0 Å². The van der Waals surface area contributed by atoms with Gasteiger partial charge in [-0.3, -0.25) is 9.78 Å². The topological polar surface area (TPSA) is 120 Å². The van der Waals surface area contributed by atoms with Gasteiger partial charge in [-0.25, -0.2) is 17.8 Å². The third kappa shape index (κ3) is 6.55. The number of nitrogens with one attached hydrogen (secondary N) is 2. The Bertz CT molecular complexity index is 1640. The molecule has 2 aromatic heterocycles. The molecule has 1 unspecified atom stereocenters. The average molecular weight is 590 g/mol. The number of aromatic nitrogens is 3. The first-order valence-corrected chi connectivity index (χ1v) is 14.9. The lowest BCUT2D eigenvalue weighted by Crippen LogP contribution is -2.54. The molecule has 3 heterocycles. The standard InChI is InChI=1S/C30H32FN7O3S/c1-37(2)28(39)30(19-22-5-3-16-32-20-22)15-4-18-38(21-30)42(40,41)26-12-10-25(11-13-26)35-29-33-17-14-27(36-29)34-24-8-6-23(31)7-9-24/h3,5-14,16-17,20H,4,15,18-19,21H2,1-2H3,(H2,33,34,35,36). The van der Waals surface area contributed by atoms with Crippen molar-refractivity contribution < 1.29 is 17.6 Å². The van der Waals surface area contributed by atoms with Crippen LogP contribution in [0.3, 0.4) is 0 Å². The predicted molar refractivity (Wildman–Crippen MR) is 159 cm³/mol. The minimum absolute atomic E-state index is 0.0862. The second-order valence-corrected chi connectivity index (χ2v) is 12.4. The molecule has 1 aliphatic heterocycles. The molecule has 0 bridgehead atoms. The van der Waals surface area contributed by atoms with Crippen LogP contribution in [-0.2, 0) is 21.2 Å². The Kier molecular flexibility index (Phi) is 8.46. The highest BCUT2D eigenvalue weighted by Gasteiger charge is 2.46. The van der Waals surface area contributed by atoms with Gasteiger partial charge in [0.1, 0.15) is 11.6 Å². The zero-order valence-electron chi connectivity index (χ0n) is 23.4. The van der Waals surface area contributed by atoms with Crippen molar-refractivity contribution in [3.8, 4) is 0 Å². The van der Waals surface area contributed by atoms with Crippen molar-refractivity contribution in [2.24, 2.45) is 5.41 Å². The van der Waals surface area contributed by atoms with Crippen LogP contribution >= 0.6 is 0 Å². The van der Waals surface area contributed by atoms with Gasteiger partial charge in [0.2, 0.25) is 21.9 Å². The number of pyridine rings is 1. The average Bonchev–Trinajstić information content (AvgIpc) is 2.99. The monoisotopic (exact) mass is 589 g/mol. The highest BCUT2D eigenvalue weighted by molar-refractivity contribution is 7.89. The smallest absolute Gasteiger partial charge is 0.243 e. The molecule has 218 valence electrons. The zero-order valence-corrected chi connectivity index (χ0v) is 24.2. The van der Waals surface area contributed by atoms with Gasteiger partial charge < -0.3 is 15.5 Å². The lowest BCUT2D eigenvalue weighted by atomic mass is 9.75. The molecule has 1 saturated heterocycles. The summed E-state index contributed by atoms with van der Waals surface area (Å²) in [6, 6.07) is 17.7. The summed E-state index contributed by atoms with van der Waals surface area (Å²) in [5.41, 5.74) is 1.27. The molecule has 12 heteroatoms. The van der Waals surface area contributed by atoms with E-state index >= 15 is 0 Å². The van der Waals surface area contributed by atoms with E-state index in [1.165, 1.54) is 28.6 Å². The van der Waals surface area contributed by atoms with E-state index in [4.69, 9.17) is 0 Å². The van der Waals surface area contributed by atoms with Crippen LogP contribution < -0.4 is 10.6 Å². The van der Waals surface area contributed by atoms with Crippen LogP contribution in [-0.4, -0.2) is 65.7 Å². The predicted octanol–water partition coefficient (Wildman–Crippen LogP) is 4.60. The molecule has 1 fully saturated rings. The minimum atomic E-state index is -3.87. The Morgan fingerprint density at radius 1 is 1.00 bits per heavy atom. The molecular weight excluding hydrogens is 557 g/mol. The maximum Gasteiger partial charge on any atom is 0.243 e. The first-order valence-electron chi connectivity index (χ1n) is 13.5. The number of hydrogen-bond donors (Lipinski definition) is 2. The van der Waals surface area contributed by atoms with Crippen molar-refractivity contribution in [3.05, 3.63) is 96.7 Å². The van der Waals surface area contributed by atoms with E-state index in [9.17, 15) is 17.6 Å². The lowest BCUT2D eigenvalue weighted by molar-refractivity contribution is -0.141. The summed E-state index contributed by atoms with van der Waals surface area (Å²) in [6.07, 6.45) is 6.53. The fraction of sp³-hybridized carbons (Fsp3) is 0.267. The van der Waals surface area contributed by atoms with Crippen LogP contribution in [0.2, 0.25) is 0 Å². The van der Waals surface area contributed by atoms with E-state index in [2.05, 4.69) is 25.6 Å². The fourth-order valence-corrected chi connectivity index (χ4v) is 6.78. The number of halogens is 1. The number of sulfonamides is 1. The molecule has 1 amide bonds. The molecule has 42 heavy (non-hydrogen) atoms. The third-order valence-electron chi connectivity index (χ3n) is 7.19. The molecule has 1 atom stereocenters. The van der Waals surface area contributed by atoms with Gasteiger partial charge in [0.25, 0.3) is 0 Å². The van der Waals surface area contributed by atoms with E-state index < -0.39 is 15.4 Å². The van der Waals surface area contributed by atoms with E-state index in [1.807, 2.05) is 12.1 Å². The normalized spacial score (nSPS) is 17.4. The summed E-state index contributed by atoms with van der Waals surface area (Å²) in [7, 11) is -0.469. The second kappa shape index (κ2) is 12.2. The Labute approximate surface area is 244 Å². The van der Waals surface area contributed by atoms with E-state index in [-0.39, 0.29) is 23.2 Å². The number of carbonyl (C=O) groups is 1. The Balaban J connectivity index is 1.31. The SMILES string of the molecule is CN(C)C(=O)C1(Cc2cccnc2)CCCN(S(=O)(=O)c2ccc(Nc3nccc(Nc4ccc(F)cc4)n3)cc2)C1. The maximum absolute atomic E-state index is 13.7. The minimum Gasteiger partial charge on any atom is -0.348 e. The second-order valence-electron chi connectivity index (χ2n) is 10.5. The van der Waals surface area contributed by atoms with Gasteiger partial charge in [-0.15, -0.1) is 0 Å². The highest BCUT2D eigenvalue weighted by atomic mass is 32.2. The van der Waals surface area contributed by atoms with E-state index in [0.717, 1.165) is 5.56 Å². The summed E-state index contributed by atoms with van der Waals surface area (Å²) in [5.74, 6) is 0.381. The van der Waals surface area contributed by atoms with Crippen LogP contribution in [0, 0.1) is 11.2 Å². The summed E-state index contributed by atoms with van der Waals surface area (Å²) in [4.78, 5) is 27.9. The molecular formula is C30H32FN7O3S. The van der Waals surface area contributed by atoms with Crippen LogP contribution in [0.1, 0.15) is 18.4 Å². The number of benzene rings is 2. The van der Waals surface area contributed by atoms with Gasteiger partial charge in [-0.1, -0.05) is 6.07 Å². The van der Waals surface area contributed by atoms with E-state index in [1.54, 1.807) is 67.9 Å². The van der Waals surface area contributed by atoms with Gasteiger partial charge in [0, 0.05) is 57.2 Å². The van der Waals surface area contributed by atoms with Gasteiger partial charge in [0.15, 0.2) is 0 Å². The lowest BCUT2D eigenvalue weighted by Gasteiger charge is -2.42. The van der Waals surface area contributed by atoms with Crippen molar-refractivity contribution in [2.45, 2.75) is 24.2 Å². The molecule has 10 nitrogen and oxygen atoms in total. The third-order valence-corrected chi connectivity index (χ3v) is 9.05. The molecule has 0 spiro atoms. The number of hydrogen-bond acceptors (Lipinski definition) is 8. The number of rotatable bonds is 9. The van der Waals surface area contributed by atoms with Gasteiger partial charge in [0.05, 0.1) is 10.3 Å². The fourth-order valence-electron chi connectivity index (χ4n) is 5.21. The molecule has 0 aliphatic carbocycles. The summed E-state index contributed by atoms with van der Waals surface area (Å²) >= 11 is 0. The molecule has 0 saturated carbocycles. The first-order chi connectivity index (χ1) is 20.1. The van der Waals surface area contributed by atoms with Crippen molar-refractivity contribution in [1.29, 1.82) is 0 Å². The number of amides is 1. The van der Waals surface area contributed by atoms with Crippen LogP contribution in [0.15, 0.2) is 90.2 Å². The van der Waals surface area contributed by atoms with Gasteiger partial charge in [-0.2, -0.15) is 9.29 Å². The van der Waals surface area contributed by atoms with Crippen LogP contribution in [0.4, 0.5) is 27.5 Å². The highest BCUT2D eigenvalue weighted by Crippen LogP contribution is 2.37. The number of nitrogens with zero attached hydrogens (tertiary/aromatic N) is 5. The number of anilines is 4. The molecule has 0 radical (unpaired) electrons. The van der Waals surface area contributed by atoms with E-state index in [0.29, 0.717) is 48.9 Å². The molecule has 4 aromatic rings. The molecule has 5 rings (SSSR count). The summed E-state index contributed by atoms with van der Waals surface area (Å²) in [5, 5.41) is 6.16. The van der Waals surface area contributed by atoms with Crippen molar-refractivity contribution >= 4 is 39.1 Å². The number of carbonyl (C=O) groups excluding carboxylic acids is 1. The Hall–Kier alpha value is -4.42.